The summed E-state index contributed by atoms with van der Waals surface area (Å²) in [5.41, 5.74) is 2.82. The summed E-state index contributed by atoms with van der Waals surface area (Å²) in [5, 5.41) is 11.0. The third kappa shape index (κ3) is 3.53. The molecule has 1 aromatic heterocycles. The lowest BCUT2D eigenvalue weighted by Crippen LogP contribution is -2.15. The molecule has 6 nitrogen and oxygen atoms in total. The molecule has 0 amide bonds. The highest BCUT2D eigenvalue weighted by Gasteiger charge is 2.22. The number of pyridine rings is 1. The monoisotopic (exact) mass is 314 g/mol. The summed E-state index contributed by atoms with van der Waals surface area (Å²) < 4.78 is 5.30. The van der Waals surface area contributed by atoms with Crippen molar-refractivity contribution in [3.8, 4) is 11.1 Å². The molecule has 1 heterocycles. The molecule has 0 spiro atoms. The zero-order chi connectivity index (χ0) is 17.1. The molecule has 120 valence electrons. The standard InChI is InChI=1S/C17H18N2O4/c1-10(2)23-17(20)16-12(4)18-9-11(3)15(16)13-6-5-7-14(8-13)19(21)22/h5-10H,1-4H3. The van der Waals surface area contributed by atoms with E-state index in [-0.39, 0.29) is 11.8 Å². The molecule has 2 aromatic rings. The van der Waals surface area contributed by atoms with Crippen LogP contribution in [0.3, 0.4) is 0 Å². The van der Waals surface area contributed by atoms with Crippen LogP contribution in [0.25, 0.3) is 11.1 Å². The minimum Gasteiger partial charge on any atom is -0.459 e. The number of hydrogen-bond donors (Lipinski definition) is 0. The van der Waals surface area contributed by atoms with Gasteiger partial charge in [-0.25, -0.2) is 4.79 Å². The van der Waals surface area contributed by atoms with Crippen LogP contribution in [0.1, 0.15) is 35.5 Å². The third-order valence-electron chi connectivity index (χ3n) is 3.35. The Morgan fingerprint density at radius 2 is 2.00 bits per heavy atom. The van der Waals surface area contributed by atoms with Gasteiger partial charge in [0.15, 0.2) is 0 Å². The van der Waals surface area contributed by atoms with Crippen LogP contribution in [0.5, 0.6) is 0 Å². The summed E-state index contributed by atoms with van der Waals surface area (Å²) in [6.45, 7) is 7.07. The quantitative estimate of drug-likeness (QED) is 0.486. The molecule has 0 bridgehead atoms. The third-order valence-corrected chi connectivity index (χ3v) is 3.35. The highest BCUT2D eigenvalue weighted by atomic mass is 16.6. The van der Waals surface area contributed by atoms with Crippen LogP contribution in [0.4, 0.5) is 5.69 Å². The van der Waals surface area contributed by atoms with E-state index in [2.05, 4.69) is 4.98 Å². The van der Waals surface area contributed by atoms with E-state index < -0.39 is 10.9 Å². The number of aryl methyl sites for hydroxylation is 2. The molecule has 0 fully saturated rings. The number of carbonyl (C=O) groups is 1. The first-order chi connectivity index (χ1) is 10.8. The van der Waals surface area contributed by atoms with Gasteiger partial charge in [-0.1, -0.05) is 12.1 Å². The molecule has 1 aromatic carbocycles. The van der Waals surface area contributed by atoms with Crippen LogP contribution in [0, 0.1) is 24.0 Å². The first kappa shape index (κ1) is 16.6. The van der Waals surface area contributed by atoms with Gasteiger partial charge in [-0.2, -0.15) is 0 Å². The van der Waals surface area contributed by atoms with Crippen LogP contribution >= 0.6 is 0 Å². The van der Waals surface area contributed by atoms with E-state index in [1.165, 1.54) is 12.1 Å². The van der Waals surface area contributed by atoms with Crippen molar-refractivity contribution in [3.05, 3.63) is 57.4 Å². The Labute approximate surface area is 134 Å². The van der Waals surface area contributed by atoms with Gasteiger partial charge < -0.3 is 4.74 Å². The zero-order valence-corrected chi connectivity index (χ0v) is 13.5. The van der Waals surface area contributed by atoms with Gasteiger partial charge in [0.05, 0.1) is 22.3 Å². The van der Waals surface area contributed by atoms with Crippen molar-refractivity contribution in [2.45, 2.75) is 33.8 Å². The lowest BCUT2D eigenvalue weighted by atomic mass is 9.95. The fourth-order valence-corrected chi connectivity index (χ4v) is 2.37. The predicted molar refractivity (Wildman–Crippen MR) is 86.4 cm³/mol. The number of benzene rings is 1. The molecule has 0 atom stereocenters. The molecule has 0 aliphatic heterocycles. The second kappa shape index (κ2) is 6.56. The van der Waals surface area contributed by atoms with Gasteiger partial charge in [0.2, 0.25) is 0 Å². The number of aromatic nitrogens is 1. The van der Waals surface area contributed by atoms with Crippen molar-refractivity contribution in [1.82, 2.24) is 4.98 Å². The summed E-state index contributed by atoms with van der Waals surface area (Å²) in [7, 11) is 0. The van der Waals surface area contributed by atoms with Gasteiger partial charge in [-0.3, -0.25) is 15.1 Å². The fourth-order valence-electron chi connectivity index (χ4n) is 2.37. The Bertz CT molecular complexity index is 769. The van der Waals surface area contributed by atoms with E-state index in [9.17, 15) is 14.9 Å². The molecule has 6 heteroatoms. The van der Waals surface area contributed by atoms with Gasteiger partial charge in [0.25, 0.3) is 5.69 Å². The van der Waals surface area contributed by atoms with Crippen molar-refractivity contribution in [3.63, 3.8) is 0 Å². The summed E-state index contributed by atoms with van der Waals surface area (Å²) in [4.78, 5) is 27.2. The lowest BCUT2D eigenvalue weighted by Gasteiger charge is -2.15. The minimum absolute atomic E-state index is 0.0282. The SMILES string of the molecule is Cc1cnc(C)c(C(=O)OC(C)C)c1-c1cccc([N+](=O)[O-])c1. The minimum atomic E-state index is -0.477. The van der Waals surface area contributed by atoms with E-state index in [0.717, 1.165) is 5.56 Å². The summed E-state index contributed by atoms with van der Waals surface area (Å²) in [6, 6.07) is 6.20. The molecule has 0 saturated heterocycles. The average molecular weight is 314 g/mol. The number of nitrogens with zero attached hydrogens (tertiary/aromatic N) is 2. The number of esters is 1. The normalized spacial score (nSPS) is 10.7. The lowest BCUT2D eigenvalue weighted by molar-refractivity contribution is -0.384. The number of nitro groups is 1. The highest BCUT2D eigenvalue weighted by Crippen LogP contribution is 2.31. The first-order valence-corrected chi connectivity index (χ1v) is 7.23. The van der Waals surface area contributed by atoms with Gasteiger partial charge in [0, 0.05) is 23.9 Å². The van der Waals surface area contributed by atoms with Crippen molar-refractivity contribution >= 4 is 11.7 Å². The van der Waals surface area contributed by atoms with Crippen molar-refractivity contribution < 1.29 is 14.5 Å². The van der Waals surface area contributed by atoms with Crippen molar-refractivity contribution in [2.24, 2.45) is 0 Å². The Morgan fingerprint density at radius 1 is 1.30 bits per heavy atom. The molecular formula is C17H18N2O4. The summed E-state index contributed by atoms with van der Waals surface area (Å²) >= 11 is 0. The fraction of sp³-hybridized carbons (Fsp3) is 0.294. The molecule has 23 heavy (non-hydrogen) atoms. The number of carbonyl (C=O) groups excluding carboxylic acids is 1. The molecule has 0 N–H and O–H groups in total. The van der Waals surface area contributed by atoms with Crippen LogP contribution in [0.2, 0.25) is 0 Å². The van der Waals surface area contributed by atoms with Gasteiger partial charge in [-0.05, 0) is 38.8 Å². The van der Waals surface area contributed by atoms with E-state index in [0.29, 0.717) is 22.4 Å². The predicted octanol–water partition coefficient (Wildman–Crippen LogP) is 3.84. The number of hydrogen-bond acceptors (Lipinski definition) is 5. The van der Waals surface area contributed by atoms with E-state index in [1.54, 1.807) is 39.1 Å². The Morgan fingerprint density at radius 3 is 2.61 bits per heavy atom. The first-order valence-electron chi connectivity index (χ1n) is 7.23. The Hall–Kier alpha value is -2.76. The number of non-ortho nitro benzene ring substituents is 1. The van der Waals surface area contributed by atoms with Crippen LogP contribution in [0.15, 0.2) is 30.5 Å². The van der Waals surface area contributed by atoms with E-state index in [4.69, 9.17) is 4.74 Å². The van der Waals surface area contributed by atoms with E-state index >= 15 is 0 Å². The van der Waals surface area contributed by atoms with E-state index in [1.807, 2.05) is 6.92 Å². The van der Waals surface area contributed by atoms with Crippen molar-refractivity contribution in [2.75, 3.05) is 0 Å². The van der Waals surface area contributed by atoms with Crippen LogP contribution in [-0.2, 0) is 4.74 Å². The maximum absolute atomic E-state index is 12.4. The van der Waals surface area contributed by atoms with Gasteiger partial charge in [0.1, 0.15) is 0 Å². The topological polar surface area (TPSA) is 82.3 Å². The van der Waals surface area contributed by atoms with Gasteiger partial charge in [-0.15, -0.1) is 0 Å². The molecular weight excluding hydrogens is 296 g/mol. The maximum Gasteiger partial charge on any atom is 0.340 e. The second-order valence-electron chi connectivity index (χ2n) is 5.54. The van der Waals surface area contributed by atoms with Crippen LogP contribution < -0.4 is 0 Å². The summed E-state index contributed by atoms with van der Waals surface area (Å²) in [6.07, 6.45) is 1.38. The molecule has 0 saturated carbocycles. The summed E-state index contributed by atoms with van der Waals surface area (Å²) in [5.74, 6) is -0.477. The number of rotatable bonds is 4. The Kier molecular flexibility index (Phi) is 4.74. The largest absolute Gasteiger partial charge is 0.459 e. The number of ether oxygens (including phenoxy) is 1. The molecule has 0 radical (unpaired) electrons. The van der Waals surface area contributed by atoms with Crippen molar-refractivity contribution in [1.29, 1.82) is 0 Å². The van der Waals surface area contributed by atoms with Crippen LogP contribution in [-0.4, -0.2) is 22.0 Å². The maximum atomic E-state index is 12.4. The molecule has 0 unspecified atom stereocenters. The Balaban J connectivity index is 2.66. The highest BCUT2D eigenvalue weighted by molar-refractivity contribution is 5.99. The molecule has 0 aliphatic rings. The number of nitro benzene ring substituents is 1. The average Bonchev–Trinajstić information content (AvgIpc) is 2.48. The second-order valence-corrected chi connectivity index (χ2v) is 5.54. The van der Waals surface area contributed by atoms with Gasteiger partial charge >= 0.3 is 5.97 Å². The molecule has 0 aliphatic carbocycles. The smallest absolute Gasteiger partial charge is 0.340 e. The zero-order valence-electron chi connectivity index (χ0n) is 13.5. The molecule has 2 rings (SSSR count).